The molecule has 1 amide bonds. The Hall–Kier alpha value is -1.62. The number of aliphatic carboxylic acids is 1. The van der Waals surface area contributed by atoms with Crippen LogP contribution in [0.5, 0.6) is 0 Å². The number of amides is 1. The second-order valence-electron chi connectivity index (χ2n) is 4.95. The smallest absolute Gasteiger partial charge is 0.307 e. The summed E-state index contributed by atoms with van der Waals surface area (Å²) >= 11 is 5.88. The molecule has 1 aromatic rings. The van der Waals surface area contributed by atoms with E-state index >= 15 is 0 Å². The molecule has 1 aliphatic carbocycles. The van der Waals surface area contributed by atoms with Gasteiger partial charge in [0.25, 0.3) is 0 Å². The summed E-state index contributed by atoms with van der Waals surface area (Å²) in [7, 11) is 0. The van der Waals surface area contributed by atoms with Gasteiger partial charge in [-0.05, 0) is 31.0 Å². The average molecular weight is 300 g/mol. The highest BCUT2D eigenvalue weighted by Gasteiger charge is 2.35. The van der Waals surface area contributed by atoms with E-state index in [4.69, 9.17) is 16.7 Å². The van der Waals surface area contributed by atoms with Gasteiger partial charge in [-0.3, -0.25) is 9.59 Å². The van der Waals surface area contributed by atoms with Crippen LogP contribution in [0.25, 0.3) is 0 Å². The summed E-state index contributed by atoms with van der Waals surface area (Å²) in [5, 5.41) is 11.9. The number of hydrogen-bond donors (Lipinski definition) is 2. The van der Waals surface area contributed by atoms with Crippen molar-refractivity contribution in [1.82, 2.24) is 0 Å². The van der Waals surface area contributed by atoms with Gasteiger partial charge in [-0.25, -0.2) is 4.39 Å². The van der Waals surface area contributed by atoms with Crippen LogP contribution in [0.15, 0.2) is 18.2 Å². The first-order chi connectivity index (χ1) is 9.49. The highest BCUT2D eigenvalue weighted by molar-refractivity contribution is 6.33. The number of carboxylic acid groups (broad SMARTS) is 1. The molecule has 0 spiro atoms. The van der Waals surface area contributed by atoms with E-state index in [1.54, 1.807) is 0 Å². The van der Waals surface area contributed by atoms with Crippen molar-refractivity contribution >= 4 is 29.2 Å². The Morgan fingerprint density at radius 1 is 1.25 bits per heavy atom. The van der Waals surface area contributed by atoms with Crippen molar-refractivity contribution in [3.8, 4) is 0 Å². The number of carbonyl (C=O) groups excluding carboxylic acids is 1. The fourth-order valence-corrected chi connectivity index (χ4v) is 2.72. The molecule has 0 saturated heterocycles. The molecule has 2 N–H and O–H groups in total. The summed E-state index contributed by atoms with van der Waals surface area (Å²) in [5.74, 6) is -3.17. The minimum Gasteiger partial charge on any atom is -0.481 e. The van der Waals surface area contributed by atoms with Crippen LogP contribution in [0.2, 0.25) is 5.02 Å². The second-order valence-corrected chi connectivity index (χ2v) is 5.36. The van der Waals surface area contributed by atoms with Gasteiger partial charge in [-0.2, -0.15) is 0 Å². The van der Waals surface area contributed by atoms with Crippen molar-refractivity contribution in [3.05, 3.63) is 29.0 Å². The number of nitrogens with one attached hydrogen (secondary N) is 1. The third-order valence-electron chi connectivity index (χ3n) is 3.61. The van der Waals surface area contributed by atoms with E-state index in [1.807, 2.05) is 0 Å². The molecular formula is C14H15ClFNO3. The lowest BCUT2D eigenvalue weighted by Crippen LogP contribution is -2.36. The SMILES string of the molecule is O=C(O)C1CCCCC1C(=O)Nc1cc(F)ccc1Cl. The minimum atomic E-state index is -0.963. The highest BCUT2D eigenvalue weighted by Crippen LogP contribution is 2.32. The third kappa shape index (κ3) is 3.28. The van der Waals surface area contributed by atoms with Crippen molar-refractivity contribution in [3.63, 3.8) is 0 Å². The second kappa shape index (κ2) is 6.22. The van der Waals surface area contributed by atoms with Crippen LogP contribution >= 0.6 is 11.6 Å². The molecule has 20 heavy (non-hydrogen) atoms. The molecule has 4 nitrogen and oxygen atoms in total. The van der Waals surface area contributed by atoms with Gasteiger partial charge in [0, 0.05) is 0 Å². The minimum absolute atomic E-state index is 0.173. The topological polar surface area (TPSA) is 66.4 Å². The van der Waals surface area contributed by atoms with Crippen LogP contribution < -0.4 is 5.32 Å². The maximum Gasteiger partial charge on any atom is 0.307 e. The summed E-state index contributed by atoms with van der Waals surface area (Å²) < 4.78 is 13.1. The summed E-state index contributed by atoms with van der Waals surface area (Å²) in [6.07, 6.45) is 2.64. The molecule has 0 aliphatic heterocycles. The maximum absolute atomic E-state index is 13.1. The Kier molecular flexibility index (Phi) is 4.60. The Bertz CT molecular complexity index is 535. The van der Waals surface area contributed by atoms with Crippen LogP contribution in [-0.2, 0) is 9.59 Å². The van der Waals surface area contributed by atoms with E-state index in [1.165, 1.54) is 12.1 Å². The van der Waals surface area contributed by atoms with Crippen molar-refractivity contribution in [1.29, 1.82) is 0 Å². The number of anilines is 1. The highest BCUT2D eigenvalue weighted by atomic mass is 35.5. The predicted molar refractivity (Wildman–Crippen MR) is 73.1 cm³/mol. The standard InChI is InChI=1S/C14H15ClFNO3/c15-11-6-5-8(16)7-12(11)17-13(18)9-3-1-2-4-10(9)14(19)20/h5-7,9-10H,1-4H2,(H,17,18)(H,19,20). The first-order valence-corrected chi connectivity index (χ1v) is 6.85. The van der Waals surface area contributed by atoms with Gasteiger partial charge in [0.05, 0.1) is 22.5 Å². The van der Waals surface area contributed by atoms with Gasteiger partial charge in [0.1, 0.15) is 5.82 Å². The molecule has 2 rings (SSSR count). The summed E-state index contributed by atoms with van der Waals surface area (Å²) in [6.45, 7) is 0. The van der Waals surface area contributed by atoms with E-state index in [9.17, 15) is 14.0 Å². The van der Waals surface area contributed by atoms with Crippen LogP contribution in [-0.4, -0.2) is 17.0 Å². The van der Waals surface area contributed by atoms with Crippen molar-refractivity contribution in [2.45, 2.75) is 25.7 Å². The monoisotopic (exact) mass is 299 g/mol. The number of carbonyl (C=O) groups is 2. The van der Waals surface area contributed by atoms with Gasteiger partial charge in [0.2, 0.25) is 5.91 Å². The third-order valence-corrected chi connectivity index (χ3v) is 3.94. The molecule has 2 atom stereocenters. The van der Waals surface area contributed by atoms with Gasteiger partial charge in [-0.15, -0.1) is 0 Å². The van der Waals surface area contributed by atoms with E-state index in [2.05, 4.69) is 5.32 Å². The first-order valence-electron chi connectivity index (χ1n) is 6.48. The average Bonchev–Trinajstić information content (AvgIpc) is 2.42. The van der Waals surface area contributed by atoms with Crippen LogP contribution in [0.3, 0.4) is 0 Å². The molecule has 0 radical (unpaired) electrons. The molecule has 1 saturated carbocycles. The molecule has 1 aliphatic rings. The molecular weight excluding hydrogens is 285 g/mol. The zero-order valence-corrected chi connectivity index (χ0v) is 11.5. The van der Waals surface area contributed by atoms with Crippen LogP contribution in [0.1, 0.15) is 25.7 Å². The van der Waals surface area contributed by atoms with Gasteiger partial charge < -0.3 is 10.4 Å². The quantitative estimate of drug-likeness (QED) is 0.900. The number of halogens is 2. The van der Waals surface area contributed by atoms with E-state index in [0.29, 0.717) is 12.8 Å². The van der Waals surface area contributed by atoms with Crippen LogP contribution in [0, 0.1) is 17.7 Å². The number of benzene rings is 1. The molecule has 2 unspecified atom stereocenters. The first kappa shape index (κ1) is 14.8. The van der Waals surface area contributed by atoms with Crippen molar-refractivity contribution < 1.29 is 19.1 Å². The molecule has 1 fully saturated rings. The number of carboxylic acids is 1. The fraction of sp³-hybridized carbons (Fsp3) is 0.429. The summed E-state index contributed by atoms with van der Waals surface area (Å²) in [4.78, 5) is 23.4. The van der Waals surface area contributed by atoms with E-state index < -0.39 is 29.5 Å². The predicted octanol–water partition coefficient (Wildman–Crippen LogP) is 3.31. The van der Waals surface area contributed by atoms with E-state index in [-0.39, 0.29) is 10.7 Å². The molecule has 108 valence electrons. The zero-order valence-electron chi connectivity index (χ0n) is 10.7. The van der Waals surface area contributed by atoms with Crippen molar-refractivity contribution in [2.24, 2.45) is 11.8 Å². The lowest BCUT2D eigenvalue weighted by atomic mass is 9.78. The summed E-state index contributed by atoms with van der Waals surface area (Å²) in [5.41, 5.74) is 0.173. The number of rotatable bonds is 3. The van der Waals surface area contributed by atoms with Crippen LogP contribution in [0.4, 0.5) is 10.1 Å². The van der Waals surface area contributed by atoms with Gasteiger partial charge in [0.15, 0.2) is 0 Å². The Morgan fingerprint density at radius 2 is 1.90 bits per heavy atom. The Balaban J connectivity index is 2.14. The van der Waals surface area contributed by atoms with Gasteiger partial charge in [-0.1, -0.05) is 24.4 Å². The lowest BCUT2D eigenvalue weighted by Gasteiger charge is -2.27. The lowest BCUT2D eigenvalue weighted by molar-refractivity contribution is -0.147. The van der Waals surface area contributed by atoms with Crippen molar-refractivity contribution in [2.75, 3.05) is 5.32 Å². The van der Waals surface area contributed by atoms with Gasteiger partial charge >= 0.3 is 5.97 Å². The molecule has 0 aromatic heterocycles. The zero-order chi connectivity index (χ0) is 14.7. The maximum atomic E-state index is 13.1. The molecule has 1 aromatic carbocycles. The molecule has 6 heteroatoms. The fourth-order valence-electron chi connectivity index (χ4n) is 2.56. The van der Waals surface area contributed by atoms with E-state index in [0.717, 1.165) is 18.9 Å². The Morgan fingerprint density at radius 3 is 2.55 bits per heavy atom. The summed E-state index contributed by atoms with van der Waals surface area (Å²) in [6, 6.07) is 3.67. The molecule has 0 bridgehead atoms. The largest absolute Gasteiger partial charge is 0.481 e. The number of hydrogen-bond acceptors (Lipinski definition) is 2. The molecule has 0 heterocycles. The Labute approximate surface area is 120 Å². The normalized spacial score (nSPS) is 22.3.